The third-order valence-corrected chi connectivity index (χ3v) is 6.34. The Balaban J connectivity index is 1.68. The molecular formula is C22H17ClN4O3S. The molecule has 3 aromatic rings. The van der Waals surface area contributed by atoms with Crippen molar-refractivity contribution in [1.29, 1.82) is 5.26 Å². The maximum Gasteiger partial charge on any atom is 0.287 e. The summed E-state index contributed by atoms with van der Waals surface area (Å²) in [5, 5.41) is 12.4. The van der Waals surface area contributed by atoms with Crippen molar-refractivity contribution < 1.29 is 14.3 Å². The summed E-state index contributed by atoms with van der Waals surface area (Å²) in [7, 11) is 3.15. The number of carbonyl (C=O) groups excluding carboxylic acids is 2. The van der Waals surface area contributed by atoms with Crippen LogP contribution in [0.5, 0.6) is 5.75 Å². The zero-order chi connectivity index (χ0) is 22.1. The molecule has 7 nitrogen and oxygen atoms in total. The lowest BCUT2D eigenvalue weighted by Gasteiger charge is -2.18. The third kappa shape index (κ3) is 3.85. The van der Waals surface area contributed by atoms with Crippen LogP contribution in [-0.2, 0) is 6.42 Å². The monoisotopic (exact) mass is 452 g/mol. The van der Waals surface area contributed by atoms with Gasteiger partial charge in [0.05, 0.1) is 34.6 Å². The summed E-state index contributed by atoms with van der Waals surface area (Å²) < 4.78 is 5.77. The number of aromatic nitrogens is 1. The van der Waals surface area contributed by atoms with Crippen LogP contribution in [0.25, 0.3) is 11.3 Å². The summed E-state index contributed by atoms with van der Waals surface area (Å²) in [5.41, 5.74) is 2.74. The van der Waals surface area contributed by atoms with Crippen molar-refractivity contribution in [2.75, 3.05) is 25.6 Å². The minimum Gasteiger partial charge on any atom is -0.493 e. The highest BCUT2D eigenvalue weighted by molar-refractivity contribution is 7.14. The summed E-state index contributed by atoms with van der Waals surface area (Å²) in [4.78, 5) is 31.9. The summed E-state index contributed by atoms with van der Waals surface area (Å²) >= 11 is 7.64. The standard InChI is InChI=1S/C22H17ClN4O3S/c1-25-20(28)13-4-5-16(15(23)10-13)27(2)22(29)21-26-19-14-9-12(11-24)3-6-17(14)30-8-7-18(19)31-21/h3-6,9-10H,7-8H2,1-2H3,(H,25,28). The Labute approximate surface area is 187 Å². The summed E-state index contributed by atoms with van der Waals surface area (Å²) in [5.74, 6) is 0.0681. The number of amides is 2. The van der Waals surface area contributed by atoms with E-state index >= 15 is 0 Å². The van der Waals surface area contributed by atoms with Gasteiger partial charge < -0.3 is 15.0 Å². The van der Waals surface area contributed by atoms with Crippen molar-refractivity contribution in [1.82, 2.24) is 10.3 Å². The van der Waals surface area contributed by atoms with Crippen LogP contribution in [0, 0.1) is 11.3 Å². The molecule has 2 amide bonds. The van der Waals surface area contributed by atoms with Crippen molar-refractivity contribution in [2.24, 2.45) is 0 Å². The van der Waals surface area contributed by atoms with Crippen LogP contribution in [0.15, 0.2) is 36.4 Å². The average Bonchev–Trinajstić information content (AvgIpc) is 3.14. The lowest BCUT2D eigenvalue weighted by Crippen LogP contribution is -2.26. The number of ether oxygens (including phenoxy) is 1. The molecule has 2 aromatic carbocycles. The quantitative estimate of drug-likeness (QED) is 0.650. The molecule has 0 bridgehead atoms. The van der Waals surface area contributed by atoms with Crippen LogP contribution >= 0.6 is 22.9 Å². The Bertz CT molecular complexity index is 1250. The molecule has 0 saturated carbocycles. The van der Waals surface area contributed by atoms with Gasteiger partial charge in [-0.25, -0.2) is 4.98 Å². The van der Waals surface area contributed by atoms with Crippen LogP contribution in [0.4, 0.5) is 5.69 Å². The highest BCUT2D eigenvalue weighted by Gasteiger charge is 2.26. The molecule has 4 rings (SSSR count). The minimum atomic E-state index is -0.313. The van der Waals surface area contributed by atoms with Gasteiger partial charge in [0.1, 0.15) is 5.75 Å². The molecule has 9 heteroatoms. The van der Waals surface area contributed by atoms with E-state index in [0.29, 0.717) is 51.9 Å². The van der Waals surface area contributed by atoms with Gasteiger partial charge in [-0.2, -0.15) is 5.26 Å². The third-order valence-electron chi connectivity index (χ3n) is 4.93. The van der Waals surface area contributed by atoms with Crippen molar-refractivity contribution in [2.45, 2.75) is 6.42 Å². The molecule has 31 heavy (non-hydrogen) atoms. The zero-order valence-electron chi connectivity index (χ0n) is 16.7. The molecule has 0 atom stereocenters. The number of halogens is 1. The fraction of sp³-hybridized carbons (Fsp3) is 0.182. The van der Waals surface area contributed by atoms with Gasteiger partial charge in [0, 0.05) is 36.5 Å². The van der Waals surface area contributed by atoms with Gasteiger partial charge in [-0.3, -0.25) is 9.59 Å². The van der Waals surface area contributed by atoms with Crippen molar-refractivity contribution >= 4 is 40.4 Å². The summed E-state index contributed by atoms with van der Waals surface area (Å²) in [6, 6.07) is 12.1. The van der Waals surface area contributed by atoms with Crippen LogP contribution in [0.2, 0.25) is 5.02 Å². The van der Waals surface area contributed by atoms with E-state index in [1.54, 1.807) is 37.4 Å². The van der Waals surface area contributed by atoms with E-state index in [0.717, 1.165) is 4.88 Å². The second kappa shape index (κ2) is 8.38. The molecule has 1 aliphatic rings. The van der Waals surface area contributed by atoms with E-state index < -0.39 is 0 Å². The number of anilines is 1. The number of rotatable bonds is 3. The number of thiazole rings is 1. The Morgan fingerprint density at radius 3 is 2.81 bits per heavy atom. The topological polar surface area (TPSA) is 95.3 Å². The molecule has 1 N–H and O–H groups in total. The van der Waals surface area contributed by atoms with Gasteiger partial charge in [-0.15, -0.1) is 11.3 Å². The number of carbonyl (C=O) groups is 2. The summed E-state index contributed by atoms with van der Waals surface area (Å²) in [6.07, 6.45) is 0.613. The van der Waals surface area contributed by atoms with Gasteiger partial charge in [0.15, 0.2) is 5.01 Å². The molecule has 0 saturated heterocycles. The molecule has 156 valence electrons. The van der Waals surface area contributed by atoms with E-state index in [9.17, 15) is 14.9 Å². The first-order valence-corrected chi connectivity index (χ1v) is 10.6. The molecule has 1 aliphatic heterocycles. The Morgan fingerprint density at radius 2 is 2.10 bits per heavy atom. The molecule has 1 aromatic heterocycles. The average molecular weight is 453 g/mol. The van der Waals surface area contributed by atoms with Gasteiger partial charge in [-0.1, -0.05) is 11.6 Å². The van der Waals surface area contributed by atoms with Crippen molar-refractivity contribution in [3.8, 4) is 23.1 Å². The van der Waals surface area contributed by atoms with E-state index in [4.69, 9.17) is 16.3 Å². The number of hydrogen-bond acceptors (Lipinski definition) is 6. The number of benzene rings is 2. The lowest BCUT2D eigenvalue weighted by atomic mass is 10.1. The van der Waals surface area contributed by atoms with E-state index in [-0.39, 0.29) is 16.8 Å². The van der Waals surface area contributed by atoms with Crippen LogP contribution in [0.1, 0.15) is 30.6 Å². The van der Waals surface area contributed by atoms with Crippen LogP contribution in [-0.4, -0.2) is 37.5 Å². The molecular weight excluding hydrogens is 436 g/mol. The van der Waals surface area contributed by atoms with Gasteiger partial charge in [-0.05, 0) is 36.4 Å². The second-order valence-electron chi connectivity index (χ2n) is 6.82. The predicted molar refractivity (Wildman–Crippen MR) is 119 cm³/mol. The highest BCUT2D eigenvalue weighted by Crippen LogP contribution is 2.38. The smallest absolute Gasteiger partial charge is 0.287 e. The zero-order valence-corrected chi connectivity index (χ0v) is 18.3. The van der Waals surface area contributed by atoms with E-state index in [2.05, 4.69) is 16.4 Å². The van der Waals surface area contributed by atoms with Gasteiger partial charge >= 0.3 is 0 Å². The first-order chi connectivity index (χ1) is 14.9. The fourth-order valence-electron chi connectivity index (χ4n) is 3.30. The Kier molecular flexibility index (Phi) is 5.63. The van der Waals surface area contributed by atoms with Crippen LogP contribution in [0.3, 0.4) is 0 Å². The fourth-order valence-corrected chi connectivity index (χ4v) is 4.64. The predicted octanol–water partition coefficient (Wildman–Crippen LogP) is 3.91. The molecule has 0 aliphatic carbocycles. The number of hydrogen-bond donors (Lipinski definition) is 1. The van der Waals surface area contributed by atoms with Crippen molar-refractivity contribution in [3.63, 3.8) is 0 Å². The molecule has 2 heterocycles. The normalized spacial score (nSPS) is 11.9. The van der Waals surface area contributed by atoms with Crippen LogP contribution < -0.4 is 15.0 Å². The number of nitrogens with zero attached hydrogens (tertiary/aromatic N) is 3. The van der Waals surface area contributed by atoms with E-state index in [1.165, 1.54) is 29.4 Å². The maximum absolute atomic E-state index is 13.2. The second-order valence-corrected chi connectivity index (χ2v) is 8.31. The lowest BCUT2D eigenvalue weighted by molar-refractivity contribution is 0.0962. The van der Waals surface area contributed by atoms with Gasteiger partial charge in [0.25, 0.3) is 11.8 Å². The largest absolute Gasteiger partial charge is 0.493 e. The van der Waals surface area contributed by atoms with Crippen molar-refractivity contribution in [3.05, 3.63) is 62.4 Å². The minimum absolute atomic E-state index is 0.260. The molecule has 0 radical (unpaired) electrons. The first kappa shape index (κ1) is 20.8. The molecule has 0 fully saturated rings. The molecule has 0 spiro atoms. The Hall–Kier alpha value is -3.41. The summed E-state index contributed by atoms with van der Waals surface area (Å²) in [6.45, 7) is 0.463. The maximum atomic E-state index is 13.2. The molecule has 0 unspecified atom stereocenters. The highest BCUT2D eigenvalue weighted by atomic mass is 35.5. The number of fused-ring (bicyclic) bond motifs is 3. The first-order valence-electron chi connectivity index (χ1n) is 9.39. The Morgan fingerprint density at radius 1 is 1.29 bits per heavy atom. The SMILES string of the molecule is CNC(=O)c1ccc(N(C)C(=O)c2nc3c(s2)CCOc2ccc(C#N)cc2-3)c(Cl)c1. The van der Waals surface area contributed by atoms with Gasteiger partial charge in [0.2, 0.25) is 0 Å². The van der Waals surface area contributed by atoms with E-state index in [1.807, 2.05) is 0 Å². The number of nitrogens with one attached hydrogen (secondary N) is 1. The number of nitriles is 1.